The smallest absolute Gasteiger partial charge is 0.257 e. The summed E-state index contributed by atoms with van der Waals surface area (Å²) in [6, 6.07) is 10.1. The van der Waals surface area contributed by atoms with Crippen molar-refractivity contribution in [1.29, 1.82) is 0 Å². The van der Waals surface area contributed by atoms with Crippen LogP contribution in [0.4, 0.5) is 11.4 Å². The van der Waals surface area contributed by atoms with Crippen LogP contribution in [-0.4, -0.2) is 5.91 Å². The van der Waals surface area contributed by atoms with E-state index in [4.69, 9.17) is 28.9 Å². The van der Waals surface area contributed by atoms with E-state index in [1.54, 1.807) is 24.3 Å². The molecule has 0 spiro atoms. The molecule has 0 radical (unpaired) electrons. The van der Waals surface area contributed by atoms with Crippen molar-refractivity contribution in [2.75, 3.05) is 11.1 Å². The minimum Gasteiger partial charge on any atom is -0.399 e. The molecule has 0 unspecified atom stereocenters. The average Bonchev–Trinajstić information content (AvgIpc) is 2.33. The first-order valence-corrected chi connectivity index (χ1v) is 6.35. The first-order valence-electron chi connectivity index (χ1n) is 5.60. The average molecular weight is 295 g/mol. The van der Waals surface area contributed by atoms with E-state index in [2.05, 4.69) is 5.32 Å². The molecule has 0 aromatic heterocycles. The van der Waals surface area contributed by atoms with Gasteiger partial charge in [-0.1, -0.05) is 29.3 Å². The quantitative estimate of drug-likeness (QED) is 0.818. The number of carbonyl (C=O) groups is 1. The molecule has 0 saturated heterocycles. The van der Waals surface area contributed by atoms with Gasteiger partial charge in [-0.3, -0.25) is 4.79 Å². The van der Waals surface area contributed by atoms with Gasteiger partial charge < -0.3 is 11.1 Å². The van der Waals surface area contributed by atoms with E-state index >= 15 is 0 Å². The summed E-state index contributed by atoms with van der Waals surface area (Å²) in [6.45, 7) is 1.89. The lowest BCUT2D eigenvalue weighted by molar-refractivity contribution is 0.102. The molecule has 2 aromatic rings. The SMILES string of the molecule is Cc1ccc(N)cc1NC(=O)c1ccc(Cl)cc1Cl. The van der Waals surface area contributed by atoms with Crippen LogP contribution in [0.2, 0.25) is 10.0 Å². The summed E-state index contributed by atoms with van der Waals surface area (Å²) in [5.74, 6) is -0.296. The van der Waals surface area contributed by atoms with Crippen molar-refractivity contribution in [2.45, 2.75) is 6.92 Å². The molecule has 0 bridgehead atoms. The zero-order valence-corrected chi connectivity index (χ0v) is 11.7. The molecule has 5 heteroatoms. The number of anilines is 2. The summed E-state index contributed by atoms with van der Waals surface area (Å²) in [7, 11) is 0. The first kappa shape index (κ1) is 13.7. The number of amides is 1. The molecule has 0 atom stereocenters. The Balaban J connectivity index is 2.28. The van der Waals surface area contributed by atoms with E-state index in [1.807, 2.05) is 13.0 Å². The predicted molar refractivity (Wildman–Crippen MR) is 80.0 cm³/mol. The number of nitrogen functional groups attached to an aromatic ring is 1. The van der Waals surface area contributed by atoms with E-state index in [-0.39, 0.29) is 5.91 Å². The van der Waals surface area contributed by atoms with Crippen LogP contribution in [0.1, 0.15) is 15.9 Å². The van der Waals surface area contributed by atoms with Gasteiger partial charge in [-0.15, -0.1) is 0 Å². The molecule has 0 aliphatic carbocycles. The molecule has 0 aliphatic rings. The first-order chi connectivity index (χ1) is 8.97. The molecular weight excluding hydrogens is 283 g/mol. The van der Waals surface area contributed by atoms with Gasteiger partial charge in [0.2, 0.25) is 0 Å². The topological polar surface area (TPSA) is 55.1 Å². The van der Waals surface area contributed by atoms with Crippen molar-refractivity contribution in [3.05, 3.63) is 57.6 Å². The Morgan fingerprint density at radius 2 is 1.89 bits per heavy atom. The molecule has 0 aliphatic heterocycles. The highest BCUT2D eigenvalue weighted by Gasteiger charge is 2.12. The molecular formula is C14H12Cl2N2O. The molecule has 0 heterocycles. The minimum absolute atomic E-state index is 0.296. The zero-order valence-electron chi connectivity index (χ0n) is 10.2. The fraction of sp³-hybridized carbons (Fsp3) is 0.0714. The summed E-state index contributed by atoms with van der Waals surface area (Å²) in [5.41, 5.74) is 8.24. The number of halogens is 2. The lowest BCUT2D eigenvalue weighted by atomic mass is 10.1. The summed E-state index contributed by atoms with van der Waals surface area (Å²) >= 11 is 11.8. The van der Waals surface area contributed by atoms with Gasteiger partial charge in [-0.05, 0) is 42.8 Å². The van der Waals surface area contributed by atoms with Gasteiger partial charge in [-0.2, -0.15) is 0 Å². The number of hydrogen-bond acceptors (Lipinski definition) is 2. The highest BCUT2D eigenvalue weighted by molar-refractivity contribution is 6.37. The molecule has 98 valence electrons. The Hall–Kier alpha value is -1.71. The Kier molecular flexibility index (Phi) is 3.98. The van der Waals surface area contributed by atoms with E-state index < -0.39 is 0 Å². The molecule has 2 aromatic carbocycles. The van der Waals surface area contributed by atoms with Crippen molar-refractivity contribution in [3.63, 3.8) is 0 Å². The third-order valence-electron chi connectivity index (χ3n) is 2.69. The number of rotatable bonds is 2. The molecule has 1 amide bonds. The van der Waals surface area contributed by atoms with Gasteiger partial charge in [0.1, 0.15) is 0 Å². The van der Waals surface area contributed by atoms with E-state index in [1.165, 1.54) is 6.07 Å². The Labute approximate surface area is 121 Å². The molecule has 19 heavy (non-hydrogen) atoms. The van der Waals surface area contributed by atoms with Crippen LogP contribution in [0.5, 0.6) is 0 Å². The number of hydrogen-bond donors (Lipinski definition) is 2. The Morgan fingerprint density at radius 1 is 1.16 bits per heavy atom. The number of aryl methyl sites for hydroxylation is 1. The molecule has 3 nitrogen and oxygen atoms in total. The fourth-order valence-corrected chi connectivity index (χ4v) is 2.13. The predicted octanol–water partition coefficient (Wildman–Crippen LogP) is 4.14. The summed E-state index contributed by atoms with van der Waals surface area (Å²) in [4.78, 5) is 12.1. The Morgan fingerprint density at radius 3 is 2.58 bits per heavy atom. The number of nitrogens with two attached hydrogens (primary N) is 1. The number of benzene rings is 2. The molecule has 0 saturated carbocycles. The van der Waals surface area contributed by atoms with Crippen LogP contribution < -0.4 is 11.1 Å². The Bertz CT molecular complexity index is 641. The highest BCUT2D eigenvalue weighted by Crippen LogP contribution is 2.23. The van der Waals surface area contributed by atoms with Gasteiger partial charge in [0.05, 0.1) is 10.6 Å². The molecule has 3 N–H and O–H groups in total. The van der Waals surface area contributed by atoms with E-state index in [9.17, 15) is 4.79 Å². The van der Waals surface area contributed by atoms with Crippen LogP contribution in [0.25, 0.3) is 0 Å². The third-order valence-corrected chi connectivity index (χ3v) is 3.23. The van der Waals surface area contributed by atoms with Crippen LogP contribution >= 0.6 is 23.2 Å². The minimum atomic E-state index is -0.296. The molecule has 0 fully saturated rings. The summed E-state index contributed by atoms with van der Waals surface area (Å²) in [6.07, 6.45) is 0. The second kappa shape index (κ2) is 5.51. The van der Waals surface area contributed by atoms with Crippen molar-refractivity contribution in [3.8, 4) is 0 Å². The standard InChI is InChI=1S/C14H12Cl2N2O/c1-8-2-4-10(17)7-13(8)18-14(19)11-5-3-9(15)6-12(11)16/h2-7H,17H2,1H3,(H,18,19). The van der Waals surface area contributed by atoms with Gasteiger partial charge in [0.25, 0.3) is 5.91 Å². The van der Waals surface area contributed by atoms with Gasteiger partial charge in [0.15, 0.2) is 0 Å². The lowest BCUT2D eigenvalue weighted by Gasteiger charge is -2.10. The summed E-state index contributed by atoms with van der Waals surface area (Å²) < 4.78 is 0. The van der Waals surface area contributed by atoms with Crippen molar-refractivity contribution in [1.82, 2.24) is 0 Å². The maximum Gasteiger partial charge on any atom is 0.257 e. The van der Waals surface area contributed by atoms with Gasteiger partial charge in [0, 0.05) is 16.4 Å². The van der Waals surface area contributed by atoms with Gasteiger partial charge >= 0.3 is 0 Å². The number of carbonyl (C=O) groups excluding carboxylic acids is 1. The zero-order chi connectivity index (χ0) is 14.0. The second-order valence-electron chi connectivity index (χ2n) is 4.15. The summed E-state index contributed by atoms with van der Waals surface area (Å²) in [5, 5.41) is 3.58. The van der Waals surface area contributed by atoms with Crippen LogP contribution in [0.15, 0.2) is 36.4 Å². The molecule has 2 rings (SSSR count). The maximum absolute atomic E-state index is 12.1. The number of nitrogens with one attached hydrogen (secondary N) is 1. The lowest BCUT2D eigenvalue weighted by Crippen LogP contribution is -2.13. The second-order valence-corrected chi connectivity index (χ2v) is 5.00. The van der Waals surface area contributed by atoms with Gasteiger partial charge in [-0.25, -0.2) is 0 Å². The van der Waals surface area contributed by atoms with E-state index in [0.717, 1.165) is 5.56 Å². The fourth-order valence-electron chi connectivity index (χ4n) is 1.64. The third kappa shape index (κ3) is 3.19. The highest BCUT2D eigenvalue weighted by atomic mass is 35.5. The normalized spacial score (nSPS) is 10.3. The van der Waals surface area contributed by atoms with Crippen molar-refractivity contribution >= 4 is 40.5 Å². The van der Waals surface area contributed by atoms with Crippen LogP contribution in [0.3, 0.4) is 0 Å². The van der Waals surface area contributed by atoms with Crippen LogP contribution in [-0.2, 0) is 0 Å². The largest absolute Gasteiger partial charge is 0.399 e. The van der Waals surface area contributed by atoms with Crippen molar-refractivity contribution < 1.29 is 4.79 Å². The maximum atomic E-state index is 12.1. The van der Waals surface area contributed by atoms with Crippen molar-refractivity contribution in [2.24, 2.45) is 0 Å². The van der Waals surface area contributed by atoms with E-state index in [0.29, 0.717) is 27.0 Å². The van der Waals surface area contributed by atoms with Crippen LogP contribution in [0, 0.1) is 6.92 Å². The monoisotopic (exact) mass is 294 g/mol.